The molecule has 0 spiro atoms. The molecule has 0 saturated heterocycles. The third-order valence-electron chi connectivity index (χ3n) is 3.66. The van der Waals surface area contributed by atoms with E-state index >= 15 is 0 Å². The summed E-state index contributed by atoms with van der Waals surface area (Å²) >= 11 is 0. The highest BCUT2D eigenvalue weighted by atomic mass is 16.5. The molecule has 8 heteroatoms. The molecule has 0 heterocycles. The van der Waals surface area contributed by atoms with Crippen LogP contribution in [0.15, 0.2) is 60.7 Å². The molecule has 3 N–H and O–H groups in total. The SMILES string of the molecule is O=C(CNC[C@@H](NC(=O)OCc1ccccc1)C(=O)O)OCc1ccccc1. The predicted molar refractivity (Wildman–Crippen MR) is 100 cm³/mol. The fourth-order valence-electron chi connectivity index (χ4n) is 2.21. The number of rotatable bonds is 10. The Morgan fingerprint density at radius 2 is 1.39 bits per heavy atom. The minimum absolute atomic E-state index is 0.0260. The summed E-state index contributed by atoms with van der Waals surface area (Å²) in [7, 11) is 0. The van der Waals surface area contributed by atoms with Crippen molar-refractivity contribution in [2.45, 2.75) is 19.3 Å². The van der Waals surface area contributed by atoms with E-state index in [4.69, 9.17) is 9.47 Å². The second kappa shape index (κ2) is 11.3. The van der Waals surface area contributed by atoms with Crippen LogP contribution in [0.5, 0.6) is 0 Å². The Bertz CT molecular complexity index is 767. The van der Waals surface area contributed by atoms with E-state index in [0.29, 0.717) is 0 Å². The van der Waals surface area contributed by atoms with Crippen LogP contribution in [0.1, 0.15) is 11.1 Å². The zero-order chi connectivity index (χ0) is 20.2. The second-order valence-electron chi connectivity index (χ2n) is 5.87. The summed E-state index contributed by atoms with van der Waals surface area (Å²) in [6, 6.07) is 16.9. The molecule has 0 fully saturated rings. The first-order valence-electron chi connectivity index (χ1n) is 8.65. The quantitative estimate of drug-likeness (QED) is 0.533. The van der Waals surface area contributed by atoms with Crippen molar-refractivity contribution in [2.75, 3.05) is 13.1 Å². The summed E-state index contributed by atoms with van der Waals surface area (Å²) < 4.78 is 10.1. The first-order chi connectivity index (χ1) is 13.5. The number of carboxylic acids is 1. The molecule has 28 heavy (non-hydrogen) atoms. The molecule has 2 aromatic rings. The summed E-state index contributed by atoms with van der Waals surface area (Å²) in [4.78, 5) is 34.7. The minimum atomic E-state index is -1.25. The first-order valence-corrected chi connectivity index (χ1v) is 8.65. The van der Waals surface area contributed by atoms with Gasteiger partial charge in [-0.1, -0.05) is 60.7 Å². The van der Waals surface area contributed by atoms with E-state index in [9.17, 15) is 19.5 Å². The van der Waals surface area contributed by atoms with Gasteiger partial charge in [-0.3, -0.25) is 4.79 Å². The van der Waals surface area contributed by atoms with Gasteiger partial charge in [-0.05, 0) is 11.1 Å². The van der Waals surface area contributed by atoms with E-state index in [-0.39, 0.29) is 26.3 Å². The maximum Gasteiger partial charge on any atom is 0.408 e. The van der Waals surface area contributed by atoms with Crippen LogP contribution in [-0.2, 0) is 32.3 Å². The molecule has 1 amide bonds. The lowest BCUT2D eigenvalue weighted by atomic mass is 10.2. The van der Waals surface area contributed by atoms with E-state index in [2.05, 4.69) is 10.6 Å². The number of nitrogens with one attached hydrogen (secondary N) is 2. The summed E-state index contributed by atoms with van der Waals surface area (Å²) in [5.41, 5.74) is 1.63. The smallest absolute Gasteiger partial charge is 0.408 e. The molecule has 0 aliphatic carbocycles. The van der Waals surface area contributed by atoms with Crippen LogP contribution in [0.3, 0.4) is 0 Å². The highest BCUT2D eigenvalue weighted by Crippen LogP contribution is 2.01. The number of carboxylic acid groups (broad SMARTS) is 1. The molecule has 2 rings (SSSR count). The van der Waals surface area contributed by atoms with E-state index in [1.807, 2.05) is 36.4 Å². The maximum absolute atomic E-state index is 11.8. The number of benzene rings is 2. The zero-order valence-corrected chi connectivity index (χ0v) is 15.2. The number of alkyl carbamates (subject to hydrolysis) is 1. The Kier molecular flexibility index (Phi) is 8.48. The number of ether oxygens (including phenoxy) is 2. The monoisotopic (exact) mass is 386 g/mol. The standard InChI is InChI=1S/C20H22N2O6/c23-18(27-13-15-7-3-1-4-8-15)12-21-11-17(19(24)25)22-20(26)28-14-16-9-5-2-6-10-16/h1-10,17,21H,11-14H2,(H,22,26)(H,24,25)/t17-/m1/s1. The van der Waals surface area contributed by atoms with Crippen LogP contribution < -0.4 is 10.6 Å². The van der Waals surface area contributed by atoms with Crippen LogP contribution in [-0.4, -0.2) is 42.3 Å². The number of aliphatic carboxylic acids is 1. The van der Waals surface area contributed by atoms with Gasteiger partial charge in [0.2, 0.25) is 0 Å². The fraction of sp³-hybridized carbons (Fsp3) is 0.250. The average Bonchev–Trinajstić information content (AvgIpc) is 2.71. The Morgan fingerprint density at radius 3 is 1.93 bits per heavy atom. The van der Waals surface area contributed by atoms with Gasteiger partial charge >= 0.3 is 18.0 Å². The minimum Gasteiger partial charge on any atom is -0.480 e. The fourth-order valence-corrected chi connectivity index (χ4v) is 2.21. The summed E-state index contributed by atoms with van der Waals surface area (Å²) in [6.45, 7) is -0.181. The Labute approximate surface area is 162 Å². The van der Waals surface area contributed by atoms with Gasteiger partial charge in [-0.15, -0.1) is 0 Å². The van der Waals surface area contributed by atoms with Gasteiger partial charge < -0.3 is 25.2 Å². The Hall–Kier alpha value is -3.39. The highest BCUT2D eigenvalue weighted by molar-refractivity contribution is 5.80. The number of hydrogen-bond donors (Lipinski definition) is 3. The van der Waals surface area contributed by atoms with Crippen molar-refractivity contribution >= 4 is 18.0 Å². The summed E-state index contributed by atoms with van der Waals surface area (Å²) in [5.74, 6) is -1.78. The zero-order valence-electron chi connectivity index (χ0n) is 15.2. The lowest BCUT2D eigenvalue weighted by Crippen LogP contribution is -2.48. The van der Waals surface area contributed by atoms with Crippen molar-refractivity contribution in [1.82, 2.24) is 10.6 Å². The number of carbonyl (C=O) groups is 3. The number of amides is 1. The molecule has 148 valence electrons. The van der Waals surface area contributed by atoms with Crippen molar-refractivity contribution in [3.63, 3.8) is 0 Å². The number of esters is 1. The highest BCUT2D eigenvalue weighted by Gasteiger charge is 2.20. The Morgan fingerprint density at radius 1 is 0.857 bits per heavy atom. The van der Waals surface area contributed by atoms with Crippen LogP contribution in [0, 0.1) is 0 Å². The van der Waals surface area contributed by atoms with E-state index in [1.165, 1.54) is 0 Å². The van der Waals surface area contributed by atoms with Gasteiger partial charge in [-0.2, -0.15) is 0 Å². The molecule has 8 nitrogen and oxygen atoms in total. The number of carbonyl (C=O) groups excluding carboxylic acids is 2. The average molecular weight is 386 g/mol. The van der Waals surface area contributed by atoms with Crippen LogP contribution in [0.2, 0.25) is 0 Å². The van der Waals surface area contributed by atoms with Gasteiger partial charge in [0, 0.05) is 6.54 Å². The topological polar surface area (TPSA) is 114 Å². The van der Waals surface area contributed by atoms with Crippen LogP contribution in [0.25, 0.3) is 0 Å². The van der Waals surface area contributed by atoms with Crippen molar-refractivity contribution < 1.29 is 29.0 Å². The molecule has 1 atom stereocenters. The molecule has 0 aliphatic rings. The van der Waals surface area contributed by atoms with E-state index in [1.54, 1.807) is 24.3 Å². The molecule has 0 aliphatic heterocycles. The normalized spacial score (nSPS) is 11.3. The summed E-state index contributed by atoms with van der Waals surface area (Å²) in [6.07, 6.45) is -0.857. The first kappa shape index (κ1) is 20.9. The van der Waals surface area contributed by atoms with Gasteiger partial charge in [0.05, 0.1) is 6.54 Å². The Balaban J connectivity index is 1.68. The molecule has 0 aromatic heterocycles. The van der Waals surface area contributed by atoms with Gasteiger partial charge in [0.1, 0.15) is 19.3 Å². The van der Waals surface area contributed by atoms with Crippen LogP contribution in [0.4, 0.5) is 4.79 Å². The largest absolute Gasteiger partial charge is 0.480 e. The van der Waals surface area contributed by atoms with Crippen molar-refractivity contribution in [3.05, 3.63) is 71.8 Å². The summed E-state index contributed by atoms with van der Waals surface area (Å²) in [5, 5.41) is 14.1. The molecule has 0 unspecified atom stereocenters. The lowest BCUT2D eigenvalue weighted by molar-refractivity contribution is -0.144. The van der Waals surface area contributed by atoms with E-state index in [0.717, 1.165) is 11.1 Å². The molecule has 0 bridgehead atoms. The molecule has 0 saturated carbocycles. The van der Waals surface area contributed by atoms with Crippen LogP contribution >= 0.6 is 0 Å². The molecular weight excluding hydrogens is 364 g/mol. The van der Waals surface area contributed by atoms with Crippen molar-refractivity contribution in [1.29, 1.82) is 0 Å². The van der Waals surface area contributed by atoms with E-state index < -0.39 is 24.1 Å². The predicted octanol–water partition coefficient (Wildman–Crippen LogP) is 1.70. The molecule has 0 radical (unpaired) electrons. The maximum atomic E-state index is 11.8. The third-order valence-corrected chi connectivity index (χ3v) is 3.66. The van der Waals surface area contributed by atoms with Gasteiger partial charge in [-0.25, -0.2) is 9.59 Å². The van der Waals surface area contributed by atoms with Gasteiger partial charge in [0.15, 0.2) is 0 Å². The van der Waals surface area contributed by atoms with Gasteiger partial charge in [0.25, 0.3) is 0 Å². The lowest BCUT2D eigenvalue weighted by Gasteiger charge is -2.15. The van der Waals surface area contributed by atoms with Crippen molar-refractivity contribution in [3.8, 4) is 0 Å². The second-order valence-corrected chi connectivity index (χ2v) is 5.87. The molecule has 2 aromatic carbocycles. The number of hydrogen-bond acceptors (Lipinski definition) is 6. The van der Waals surface area contributed by atoms with Crippen molar-refractivity contribution in [2.24, 2.45) is 0 Å². The third kappa shape index (κ3) is 7.88. The molecular formula is C20H22N2O6.